The van der Waals surface area contributed by atoms with Crippen LogP contribution in [-0.2, 0) is 6.42 Å². The molecule has 1 atom stereocenters. The predicted molar refractivity (Wildman–Crippen MR) is 84.9 cm³/mol. The van der Waals surface area contributed by atoms with Crippen molar-refractivity contribution in [1.82, 2.24) is 5.32 Å². The Balaban J connectivity index is 2.42. The first-order valence-corrected chi connectivity index (χ1v) is 8.16. The molecule has 1 nitrogen and oxygen atoms in total. The SMILES string of the molecule is CCCNC(c1ccc(CC)s1)c1cc(C)c(F)cc1F. The summed E-state index contributed by atoms with van der Waals surface area (Å²) >= 11 is 1.68. The molecule has 0 aliphatic rings. The van der Waals surface area contributed by atoms with Crippen LogP contribution in [0.1, 0.15) is 47.2 Å². The molecule has 2 aromatic rings. The van der Waals surface area contributed by atoms with Crippen LogP contribution in [0, 0.1) is 18.6 Å². The lowest BCUT2D eigenvalue weighted by atomic mass is 10.0. The van der Waals surface area contributed by atoms with Gasteiger partial charge in [-0.1, -0.05) is 13.8 Å². The van der Waals surface area contributed by atoms with Crippen LogP contribution in [0.15, 0.2) is 24.3 Å². The van der Waals surface area contributed by atoms with Crippen LogP contribution in [0.25, 0.3) is 0 Å². The van der Waals surface area contributed by atoms with Gasteiger partial charge in [-0.25, -0.2) is 8.78 Å². The van der Waals surface area contributed by atoms with Crippen LogP contribution < -0.4 is 5.32 Å². The lowest BCUT2D eigenvalue weighted by Gasteiger charge is -2.19. The number of nitrogens with one attached hydrogen (secondary N) is 1. The molecule has 0 saturated heterocycles. The molecule has 0 radical (unpaired) electrons. The topological polar surface area (TPSA) is 12.0 Å². The van der Waals surface area contributed by atoms with Gasteiger partial charge in [-0.2, -0.15) is 0 Å². The first-order chi connectivity index (χ1) is 10.1. The Morgan fingerprint density at radius 1 is 1.14 bits per heavy atom. The molecule has 1 heterocycles. The molecule has 0 aliphatic heterocycles. The highest BCUT2D eigenvalue weighted by atomic mass is 32.1. The summed E-state index contributed by atoms with van der Waals surface area (Å²) in [5, 5.41) is 3.37. The van der Waals surface area contributed by atoms with Crippen molar-refractivity contribution in [3.8, 4) is 0 Å². The third kappa shape index (κ3) is 3.69. The van der Waals surface area contributed by atoms with Crippen LogP contribution in [0.4, 0.5) is 8.78 Å². The van der Waals surface area contributed by atoms with Crippen molar-refractivity contribution in [2.24, 2.45) is 0 Å². The Hall–Kier alpha value is -1.26. The Kier molecular flexibility index (Phi) is 5.48. The summed E-state index contributed by atoms with van der Waals surface area (Å²) in [6.45, 7) is 6.63. The van der Waals surface area contributed by atoms with Gasteiger partial charge in [-0.15, -0.1) is 11.3 Å². The Bertz CT molecular complexity index is 607. The number of rotatable bonds is 6. The summed E-state index contributed by atoms with van der Waals surface area (Å²) in [6.07, 6.45) is 1.93. The predicted octanol–water partition coefficient (Wildman–Crippen LogP) is 4.99. The summed E-state index contributed by atoms with van der Waals surface area (Å²) in [5.74, 6) is -0.982. The molecule has 1 aromatic carbocycles. The number of aryl methyl sites for hydroxylation is 2. The second-order valence-corrected chi connectivity index (χ2v) is 6.37. The largest absolute Gasteiger partial charge is 0.306 e. The van der Waals surface area contributed by atoms with E-state index >= 15 is 0 Å². The van der Waals surface area contributed by atoms with E-state index in [0.717, 1.165) is 30.3 Å². The van der Waals surface area contributed by atoms with E-state index in [1.165, 1.54) is 4.88 Å². The zero-order valence-electron chi connectivity index (χ0n) is 12.7. The van der Waals surface area contributed by atoms with Crippen LogP contribution in [-0.4, -0.2) is 6.54 Å². The fourth-order valence-electron chi connectivity index (χ4n) is 2.29. The molecule has 0 spiro atoms. The van der Waals surface area contributed by atoms with Crippen molar-refractivity contribution in [2.75, 3.05) is 6.54 Å². The van der Waals surface area contributed by atoms with Crippen LogP contribution >= 0.6 is 11.3 Å². The molecule has 114 valence electrons. The number of halogens is 2. The molecular formula is C17H21F2NS. The summed E-state index contributed by atoms with van der Waals surface area (Å²) in [6, 6.07) is 6.50. The van der Waals surface area contributed by atoms with Crippen molar-refractivity contribution in [2.45, 2.75) is 39.7 Å². The molecule has 0 amide bonds. The van der Waals surface area contributed by atoms with Crippen molar-refractivity contribution in [3.05, 3.63) is 56.8 Å². The van der Waals surface area contributed by atoms with Gasteiger partial charge in [-0.05, 0) is 50.1 Å². The van der Waals surface area contributed by atoms with E-state index in [9.17, 15) is 8.78 Å². The minimum Gasteiger partial charge on any atom is -0.306 e. The molecular weight excluding hydrogens is 288 g/mol. The number of thiophene rings is 1. The van der Waals surface area contributed by atoms with Gasteiger partial charge in [0.1, 0.15) is 11.6 Å². The average Bonchev–Trinajstić information content (AvgIpc) is 2.93. The van der Waals surface area contributed by atoms with E-state index < -0.39 is 11.6 Å². The lowest BCUT2D eigenvalue weighted by Crippen LogP contribution is -2.23. The number of hydrogen-bond acceptors (Lipinski definition) is 2. The fraction of sp³-hybridized carbons (Fsp3) is 0.412. The molecule has 0 saturated carbocycles. The minimum absolute atomic E-state index is 0.213. The molecule has 1 N–H and O–H groups in total. The number of benzene rings is 1. The zero-order valence-corrected chi connectivity index (χ0v) is 13.5. The third-order valence-electron chi connectivity index (χ3n) is 3.50. The summed E-state index contributed by atoms with van der Waals surface area (Å²) in [7, 11) is 0. The molecule has 1 unspecified atom stereocenters. The van der Waals surface area contributed by atoms with Gasteiger partial charge >= 0.3 is 0 Å². The first kappa shape index (κ1) is 16.1. The van der Waals surface area contributed by atoms with Crippen molar-refractivity contribution in [3.63, 3.8) is 0 Å². The van der Waals surface area contributed by atoms with Crippen molar-refractivity contribution < 1.29 is 8.78 Å². The van der Waals surface area contributed by atoms with Crippen LogP contribution in [0.3, 0.4) is 0 Å². The Labute approximate surface area is 129 Å². The van der Waals surface area contributed by atoms with E-state index in [4.69, 9.17) is 0 Å². The van der Waals surface area contributed by atoms with E-state index in [-0.39, 0.29) is 6.04 Å². The fourth-order valence-corrected chi connectivity index (χ4v) is 3.34. The Morgan fingerprint density at radius 3 is 2.52 bits per heavy atom. The first-order valence-electron chi connectivity index (χ1n) is 7.34. The smallest absolute Gasteiger partial charge is 0.131 e. The van der Waals surface area contributed by atoms with E-state index in [2.05, 4.69) is 25.2 Å². The molecule has 21 heavy (non-hydrogen) atoms. The summed E-state index contributed by atoms with van der Waals surface area (Å²) in [5.41, 5.74) is 0.994. The van der Waals surface area contributed by atoms with Gasteiger partial charge in [0.2, 0.25) is 0 Å². The second kappa shape index (κ2) is 7.14. The standard InChI is InChI=1S/C17H21F2NS/c1-4-8-20-17(16-7-6-12(5-2)21-16)13-9-11(3)14(18)10-15(13)19/h6-7,9-10,17,20H,4-5,8H2,1-3H3. The van der Waals surface area contributed by atoms with E-state index in [0.29, 0.717) is 11.1 Å². The van der Waals surface area contributed by atoms with Gasteiger partial charge in [0, 0.05) is 21.4 Å². The average molecular weight is 309 g/mol. The minimum atomic E-state index is -0.495. The maximum absolute atomic E-state index is 14.2. The van der Waals surface area contributed by atoms with Crippen LogP contribution in [0.5, 0.6) is 0 Å². The zero-order chi connectivity index (χ0) is 15.4. The third-order valence-corrected chi connectivity index (χ3v) is 4.80. The Morgan fingerprint density at radius 2 is 1.90 bits per heavy atom. The molecule has 4 heteroatoms. The van der Waals surface area contributed by atoms with Gasteiger partial charge in [0.05, 0.1) is 6.04 Å². The lowest BCUT2D eigenvalue weighted by molar-refractivity contribution is 0.533. The van der Waals surface area contributed by atoms with Gasteiger partial charge in [0.25, 0.3) is 0 Å². The van der Waals surface area contributed by atoms with Crippen LogP contribution in [0.2, 0.25) is 0 Å². The van der Waals surface area contributed by atoms with E-state index in [1.54, 1.807) is 24.3 Å². The number of hydrogen-bond donors (Lipinski definition) is 1. The maximum atomic E-state index is 14.2. The van der Waals surface area contributed by atoms with Gasteiger partial charge < -0.3 is 5.32 Å². The molecule has 1 aromatic heterocycles. The summed E-state index contributed by atoms with van der Waals surface area (Å²) < 4.78 is 27.7. The highest BCUT2D eigenvalue weighted by Gasteiger charge is 2.20. The van der Waals surface area contributed by atoms with E-state index in [1.807, 2.05) is 6.07 Å². The highest BCUT2D eigenvalue weighted by Crippen LogP contribution is 2.31. The molecule has 0 fully saturated rings. The molecule has 2 rings (SSSR count). The molecule has 0 bridgehead atoms. The maximum Gasteiger partial charge on any atom is 0.131 e. The van der Waals surface area contributed by atoms with Gasteiger partial charge in [0.15, 0.2) is 0 Å². The quantitative estimate of drug-likeness (QED) is 0.793. The second-order valence-electron chi connectivity index (χ2n) is 5.17. The molecule has 0 aliphatic carbocycles. The highest BCUT2D eigenvalue weighted by molar-refractivity contribution is 7.12. The van der Waals surface area contributed by atoms with Crippen molar-refractivity contribution in [1.29, 1.82) is 0 Å². The monoisotopic (exact) mass is 309 g/mol. The van der Waals surface area contributed by atoms with Gasteiger partial charge in [-0.3, -0.25) is 0 Å². The summed E-state index contributed by atoms with van der Waals surface area (Å²) in [4.78, 5) is 2.35. The normalized spacial score (nSPS) is 12.6. The van der Waals surface area contributed by atoms with Crippen molar-refractivity contribution >= 4 is 11.3 Å².